The van der Waals surface area contributed by atoms with Crippen molar-refractivity contribution in [2.75, 3.05) is 6.61 Å². The van der Waals surface area contributed by atoms with E-state index in [1.54, 1.807) is 85.8 Å². The van der Waals surface area contributed by atoms with E-state index in [1.807, 2.05) is 0 Å². The van der Waals surface area contributed by atoms with Crippen molar-refractivity contribution < 1.29 is 68.1 Å². The molecule has 15 nitrogen and oxygen atoms in total. The second-order valence-corrected chi connectivity index (χ2v) is 17.6. The summed E-state index contributed by atoms with van der Waals surface area (Å²) in [5.41, 5.74) is -7.82. The Morgan fingerprint density at radius 1 is 0.825 bits per heavy atom. The van der Waals surface area contributed by atoms with Gasteiger partial charge in [0.15, 0.2) is 18.0 Å². The summed E-state index contributed by atoms with van der Waals surface area (Å²) < 4.78 is 24.3. The fourth-order valence-corrected chi connectivity index (χ4v) is 10.2. The number of carbonyl (C=O) groups is 6. The molecule has 0 saturated heterocycles. The number of esters is 4. The third-order valence-electron chi connectivity index (χ3n) is 13.6. The van der Waals surface area contributed by atoms with Gasteiger partial charge in [0.25, 0.3) is 5.91 Å². The summed E-state index contributed by atoms with van der Waals surface area (Å²) in [6, 6.07) is 22.7. The predicted molar refractivity (Wildman–Crippen MR) is 224 cm³/mol. The molecule has 0 spiro atoms. The molecule has 11 atom stereocenters. The number of ether oxygens (including phenoxy) is 4. The van der Waals surface area contributed by atoms with E-state index in [2.05, 4.69) is 5.32 Å². The number of amides is 1. The Balaban J connectivity index is 1.56. The van der Waals surface area contributed by atoms with Crippen molar-refractivity contribution in [3.63, 3.8) is 0 Å². The first kappa shape index (κ1) is 46.8. The van der Waals surface area contributed by atoms with Crippen LogP contribution in [0.3, 0.4) is 0 Å². The third-order valence-corrected chi connectivity index (χ3v) is 13.6. The van der Waals surface area contributed by atoms with Gasteiger partial charge < -0.3 is 44.7 Å². The maximum Gasteiger partial charge on any atom is 0.338 e. The van der Waals surface area contributed by atoms with Gasteiger partial charge in [-0.1, -0.05) is 87.5 Å². The van der Waals surface area contributed by atoms with Crippen LogP contribution in [0.2, 0.25) is 0 Å². The summed E-state index contributed by atoms with van der Waals surface area (Å²) in [5.74, 6) is -8.30. The number of Topliss-reactive ketones (excluding diaryl/α,β-unsaturated/α-hetero) is 1. The van der Waals surface area contributed by atoms with Crippen molar-refractivity contribution in [1.29, 1.82) is 0 Å². The molecule has 63 heavy (non-hydrogen) atoms. The molecule has 3 aromatic rings. The number of rotatable bonds is 11. The van der Waals surface area contributed by atoms with Crippen molar-refractivity contribution in [1.82, 2.24) is 5.32 Å². The lowest BCUT2D eigenvalue weighted by Crippen LogP contribution is -2.77. The van der Waals surface area contributed by atoms with Gasteiger partial charge in [-0.2, -0.15) is 0 Å². The van der Waals surface area contributed by atoms with Crippen LogP contribution in [0.5, 0.6) is 0 Å². The highest BCUT2D eigenvalue weighted by molar-refractivity contribution is 5.96. The molecule has 5 N–H and O–H groups in total. The molecule has 0 heterocycles. The molecule has 0 aliphatic heterocycles. The molecule has 15 heteroatoms. The van der Waals surface area contributed by atoms with E-state index in [9.17, 15) is 44.4 Å². The van der Waals surface area contributed by atoms with Gasteiger partial charge in [-0.3, -0.25) is 19.2 Å². The van der Waals surface area contributed by atoms with Crippen molar-refractivity contribution in [3.05, 3.63) is 119 Å². The first-order chi connectivity index (χ1) is 29.6. The van der Waals surface area contributed by atoms with E-state index in [0.29, 0.717) is 5.56 Å². The number of aliphatic hydroxyl groups excluding tert-OH is 3. The predicted octanol–water partition coefficient (Wildman–Crippen LogP) is 3.97. The third kappa shape index (κ3) is 8.18. The second kappa shape index (κ2) is 17.8. The van der Waals surface area contributed by atoms with Crippen LogP contribution in [0.4, 0.5) is 0 Å². The lowest BCUT2D eigenvalue weighted by atomic mass is 9.44. The number of hydrogen-bond acceptors (Lipinski definition) is 14. The number of ketones is 1. The zero-order chi connectivity index (χ0) is 46.2. The highest BCUT2D eigenvalue weighted by Gasteiger charge is 2.75. The van der Waals surface area contributed by atoms with Gasteiger partial charge >= 0.3 is 23.9 Å². The topological polar surface area (TPSA) is 232 Å². The van der Waals surface area contributed by atoms with Crippen molar-refractivity contribution >= 4 is 35.6 Å². The zero-order valence-corrected chi connectivity index (χ0v) is 36.3. The van der Waals surface area contributed by atoms with E-state index in [-0.39, 0.29) is 28.7 Å². The van der Waals surface area contributed by atoms with E-state index in [0.717, 1.165) is 13.8 Å². The van der Waals surface area contributed by atoms with Crippen LogP contribution in [0.1, 0.15) is 93.6 Å². The van der Waals surface area contributed by atoms with Crippen LogP contribution < -0.4 is 5.32 Å². The van der Waals surface area contributed by atoms with E-state index >= 15 is 4.79 Å². The average molecular weight is 870 g/mol. The molecule has 2 bridgehead atoms. The minimum atomic E-state index is -2.48. The molecule has 2 fully saturated rings. The molecular weight excluding hydrogens is 815 g/mol. The summed E-state index contributed by atoms with van der Waals surface area (Å²) in [5, 5.41) is 51.7. The van der Waals surface area contributed by atoms with E-state index in [4.69, 9.17) is 18.9 Å². The maximum absolute atomic E-state index is 15.5. The van der Waals surface area contributed by atoms with Gasteiger partial charge in [0.2, 0.25) is 0 Å². The Morgan fingerprint density at radius 2 is 1.38 bits per heavy atom. The summed E-state index contributed by atoms with van der Waals surface area (Å²) in [7, 11) is 0. The maximum atomic E-state index is 15.5. The summed E-state index contributed by atoms with van der Waals surface area (Å²) in [6.45, 7) is 8.62. The summed E-state index contributed by atoms with van der Waals surface area (Å²) in [6.07, 6.45) is -9.87. The lowest BCUT2D eigenvalue weighted by molar-refractivity contribution is -0.280. The fourth-order valence-electron chi connectivity index (χ4n) is 10.2. The van der Waals surface area contributed by atoms with Gasteiger partial charge in [0.05, 0.1) is 35.6 Å². The summed E-state index contributed by atoms with van der Waals surface area (Å²) in [4.78, 5) is 83.7. The minimum Gasteiger partial charge on any atom is -0.456 e. The lowest BCUT2D eigenvalue weighted by Gasteiger charge is -2.64. The first-order valence-electron chi connectivity index (χ1n) is 20.8. The van der Waals surface area contributed by atoms with E-state index < -0.39 is 119 Å². The van der Waals surface area contributed by atoms with Gasteiger partial charge in [0.1, 0.15) is 23.4 Å². The zero-order valence-electron chi connectivity index (χ0n) is 36.3. The molecule has 0 aromatic heterocycles. The number of fused-ring (bicyclic) bond motifs is 3. The quantitative estimate of drug-likeness (QED) is 0.104. The number of benzene rings is 3. The number of nitrogens with one attached hydrogen (secondary N) is 1. The Kier molecular flexibility index (Phi) is 13.2. The monoisotopic (exact) mass is 869 g/mol. The molecule has 3 aromatic carbocycles. The smallest absolute Gasteiger partial charge is 0.338 e. The van der Waals surface area contributed by atoms with Crippen LogP contribution in [0, 0.1) is 22.7 Å². The molecule has 2 saturated carbocycles. The molecule has 8 unspecified atom stereocenters. The molecule has 1 amide bonds. The fraction of sp³-hybridized carbons (Fsp3) is 0.458. The Hall–Kier alpha value is -5.74. The number of carbonyl (C=O) groups excluding carboxylic acids is 6. The Labute approximate surface area is 365 Å². The van der Waals surface area contributed by atoms with E-state index in [1.165, 1.54) is 39.8 Å². The molecule has 0 radical (unpaired) electrons. The Bertz CT molecular complexity index is 2260. The molecule has 3 aliphatic rings. The highest BCUT2D eigenvalue weighted by atomic mass is 16.6. The van der Waals surface area contributed by atoms with Crippen LogP contribution in [0.15, 0.2) is 102 Å². The molecule has 3 aliphatic carbocycles. The van der Waals surface area contributed by atoms with Gasteiger partial charge in [-0.15, -0.1) is 0 Å². The van der Waals surface area contributed by atoms with Gasteiger partial charge in [-0.25, -0.2) is 9.59 Å². The van der Waals surface area contributed by atoms with Crippen LogP contribution in [-0.4, -0.2) is 104 Å². The minimum absolute atomic E-state index is 0.0247. The largest absolute Gasteiger partial charge is 0.456 e. The normalized spacial score (nSPS) is 30.9. The first-order valence-corrected chi connectivity index (χ1v) is 20.8. The number of aliphatic hydroxyl groups is 4. The molecular formula is C48H55NO14. The van der Waals surface area contributed by atoms with Gasteiger partial charge in [-0.05, 0) is 61.2 Å². The Morgan fingerprint density at radius 3 is 1.92 bits per heavy atom. The summed E-state index contributed by atoms with van der Waals surface area (Å²) >= 11 is 0. The standard InChI is InChI=1S/C48H55NO14/c1-26-23-34(53)46(7)39(47(26,25-50)63-29(4)52)41(62-43(57)32-21-15-10-16-22-32)48(59)24-33(27(2)35(45(48,5)6)38(40(46)55)60-28(3)51)61-44(58)37(54)36(30-17-11-8-12-18-30)49-42(56)31-19-13-9-14-20-31/h8-22,26,33-34,36-39,41,50,53-54,59H,23-25H2,1-7H3,(H,49,56)/t26-,33?,34?,36?,37?,38?,39?,41?,46-,47+,48?/m1/s1. The van der Waals surface area contributed by atoms with Crippen LogP contribution in [0.25, 0.3) is 0 Å². The van der Waals surface area contributed by atoms with Crippen LogP contribution in [-0.2, 0) is 38.1 Å². The van der Waals surface area contributed by atoms with Crippen molar-refractivity contribution in [2.45, 2.75) is 109 Å². The van der Waals surface area contributed by atoms with Gasteiger partial charge in [0, 0.05) is 37.2 Å². The average Bonchev–Trinajstić information content (AvgIpc) is 3.25. The van der Waals surface area contributed by atoms with Crippen molar-refractivity contribution in [2.24, 2.45) is 22.7 Å². The van der Waals surface area contributed by atoms with Crippen LogP contribution >= 0.6 is 0 Å². The molecule has 6 rings (SSSR count). The number of hydrogen-bond donors (Lipinski definition) is 5. The second-order valence-electron chi connectivity index (χ2n) is 17.6. The highest BCUT2D eigenvalue weighted by Crippen LogP contribution is 2.63. The molecule has 336 valence electrons. The van der Waals surface area contributed by atoms with Crippen molar-refractivity contribution in [3.8, 4) is 0 Å². The SMILES string of the molecule is CC(=O)OC1C(=O)[C@]2(C)C(O)C[C@@H](C)[C@](CO)(OC(C)=O)C2C(OC(=O)c2ccccc2)C2(O)CC(OC(=O)C(O)C(NC(=O)c3ccccc3)c3ccccc3)C(C)=C1C2(C)C.